The van der Waals surface area contributed by atoms with E-state index in [0.717, 1.165) is 17.0 Å². The molecule has 1 atom stereocenters. The Morgan fingerprint density at radius 3 is 2.62 bits per heavy atom. The van der Waals surface area contributed by atoms with Gasteiger partial charge in [-0.25, -0.2) is 0 Å². The molecule has 21 heavy (non-hydrogen) atoms. The molecule has 1 aromatic heterocycles. The van der Waals surface area contributed by atoms with Gasteiger partial charge in [0.15, 0.2) is 0 Å². The summed E-state index contributed by atoms with van der Waals surface area (Å²) >= 11 is 7.21. The third kappa shape index (κ3) is 4.71. The molecule has 0 saturated heterocycles. The molecule has 0 radical (unpaired) electrons. The summed E-state index contributed by atoms with van der Waals surface area (Å²) in [5.74, 6) is 0. The predicted octanol–water partition coefficient (Wildman–Crippen LogP) is 4.24. The molecular formula is C14H13ClF3NOS. The molecule has 1 heterocycles. The second-order valence-electron chi connectivity index (χ2n) is 4.48. The van der Waals surface area contributed by atoms with Crippen LogP contribution < -0.4 is 5.32 Å². The van der Waals surface area contributed by atoms with E-state index in [0.29, 0.717) is 10.9 Å². The van der Waals surface area contributed by atoms with Crippen molar-refractivity contribution in [3.63, 3.8) is 0 Å². The number of benzene rings is 1. The van der Waals surface area contributed by atoms with Crippen LogP contribution in [0, 0.1) is 0 Å². The molecule has 7 heteroatoms. The number of halogens is 4. The largest absolute Gasteiger partial charge is 0.416 e. The first-order valence-corrected chi connectivity index (χ1v) is 7.36. The Kier molecular flexibility index (Phi) is 5.27. The van der Waals surface area contributed by atoms with Gasteiger partial charge in [0.2, 0.25) is 0 Å². The second kappa shape index (κ2) is 6.79. The Labute approximate surface area is 129 Å². The second-order valence-corrected chi connectivity index (χ2v) is 6.28. The first kappa shape index (κ1) is 16.3. The smallest absolute Gasteiger partial charge is 0.387 e. The Bertz CT molecular complexity index is 600. The maximum absolute atomic E-state index is 12.6. The van der Waals surface area contributed by atoms with Crippen LogP contribution in [0.5, 0.6) is 0 Å². The van der Waals surface area contributed by atoms with Crippen LogP contribution in [0.3, 0.4) is 0 Å². The monoisotopic (exact) mass is 335 g/mol. The van der Waals surface area contributed by atoms with E-state index in [1.165, 1.54) is 23.5 Å². The summed E-state index contributed by atoms with van der Waals surface area (Å²) in [6, 6.07) is 8.35. The molecule has 0 aliphatic heterocycles. The highest BCUT2D eigenvalue weighted by Crippen LogP contribution is 2.30. The summed E-state index contributed by atoms with van der Waals surface area (Å²) in [5.41, 5.74) is -0.523. The quantitative estimate of drug-likeness (QED) is 0.856. The van der Waals surface area contributed by atoms with Gasteiger partial charge in [-0.15, -0.1) is 11.3 Å². The van der Waals surface area contributed by atoms with Gasteiger partial charge in [-0.2, -0.15) is 13.2 Å². The molecule has 0 saturated carbocycles. The molecule has 2 N–H and O–H groups in total. The molecule has 0 amide bonds. The van der Waals surface area contributed by atoms with Crippen molar-refractivity contribution in [2.75, 3.05) is 6.54 Å². The number of aliphatic hydroxyl groups excluding tert-OH is 1. The molecule has 0 spiro atoms. The molecule has 0 fully saturated rings. The van der Waals surface area contributed by atoms with Crippen molar-refractivity contribution in [1.29, 1.82) is 0 Å². The predicted molar refractivity (Wildman–Crippen MR) is 77.4 cm³/mol. The van der Waals surface area contributed by atoms with E-state index in [4.69, 9.17) is 11.6 Å². The molecule has 0 aliphatic rings. The summed E-state index contributed by atoms with van der Waals surface area (Å²) in [6.07, 6.45) is -5.40. The normalized spacial score (nSPS) is 13.4. The number of alkyl halides is 3. The number of nitrogens with one attached hydrogen (secondary N) is 1. The van der Waals surface area contributed by atoms with E-state index in [-0.39, 0.29) is 12.1 Å². The van der Waals surface area contributed by atoms with Crippen molar-refractivity contribution >= 4 is 22.9 Å². The van der Waals surface area contributed by atoms with Crippen molar-refractivity contribution in [3.8, 4) is 0 Å². The molecule has 114 valence electrons. The van der Waals surface area contributed by atoms with Crippen LogP contribution in [0.1, 0.15) is 22.1 Å². The highest BCUT2D eigenvalue weighted by Gasteiger charge is 2.30. The van der Waals surface area contributed by atoms with Crippen LogP contribution in [0.2, 0.25) is 4.34 Å². The fourth-order valence-electron chi connectivity index (χ4n) is 1.82. The van der Waals surface area contributed by atoms with Gasteiger partial charge in [0.05, 0.1) is 16.0 Å². The highest BCUT2D eigenvalue weighted by molar-refractivity contribution is 7.16. The van der Waals surface area contributed by atoms with Crippen LogP contribution in [-0.2, 0) is 12.7 Å². The van der Waals surface area contributed by atoms with Gasteiger partial charge < -0.3 is 10.4 Å². The van der Waals surface area contributed by atoms with Gasteiger partial charge in [-0.05, 0) is 29.8 Å². The summed E-state index contributed by atoms with van der Waals surface area (Å²) in [5, 5.41) is 12.9. The zero-order valence-electron chi connectivity index (χ0n) is 10.8. The van der Waals surface area contributed by atoms with Crippen molar-refractivity contribution in [1.82, 2.24) is 5.32 Å². The zero-order chi connectivity index (χ0) is 15.5. The lowest BCUT2D eigenvalue weighted by atomic mass is 10.1. The van der Waals surface area contributed by atoms with Crippen LogP contribution in [-0.4, -0.2) is 11.7 Å². The zero-order valence-corrected chi connectivity index (χ0v) is 12.4. The Morgan fingerprint density at radius 1 is 1.24 bits per heavy atom. The molecule has 0 bridgehead atoms. The third-order valence-electron chi connectivity index (χ3n) is 2.86. The summed E-state index contributed by atoms with van der Waals surface area (Å²) in [7, 11) is 0. The molecule has 0 aliphatic carbocycles. The van der Waals surface area contributed by atoms with Gasteiger partial charge in [0.25, 0.3) is 0 Å². The number of aliphatic hydroxyl groups is 1. The first-order valence-electron chi connectivity index (χ1n) is 6.16. The maximum atomic E-state index is 12.6. The fourth-order valence-corrected chi connectivity index (χ4v) is 2.88. The Morgan fingerprint density at radius 2 is 2.00 bits per heavy atom. The molecule has 1 unspecified atom stereocenters. The SMILES string of the molecule is OC(CNCc1ccc(Cl)s1)c1cccc(C(F)(F)F)c1. The van der Waals surface area contributed by atoms with Crippen molar-refractivity contribution in [2.45, 2.75) is 18.8 Å². The lowest BCUT2D eigenvalue weighted by Gasteiger charge is -2.14. The van der Waals surface area contributed by atoms with E-state index in [1.54, 1.807) is 6.07 Å². The van der Waals surface area contributed by atoms with Gasteiger partial charge in [0.1, 0.15) is 0 Å². The average Bonchev–Trinajstić information content (AvgIpc) is 2.83. The molecule has 2 rings (SSSR count). The summed E-state index contributed by atoms with van der Waals surface area (Å²) in [6.45, 7) is 0.671. The van der Waals surface area contributed by atoms with Crippen molar-refractivity contribution in [2.24, 2.45) is 0 Å². The number of rotatable bonds is 5. The maximum Gasteiger partial charge on any atom is 0.416 e. The highest BCUT2D eigenvalue weighted by atomic mass is 35.5. The van der Waals surface area contributed by atoms with Crippen LogP contribution in [0.15, 0.2) is 36.4 Å². The van der Waals surface area contributed by atoms with E-state index in [9.17, 15) is 18.3 Å². The Balaban J connectivity index is 1.92. The first-order chi connectivity index (χ1) is 9.86. The van der Waals surface area contributed by atoms with Crippen molar-refractivity contribution in [3.05, 3.63) is 56.7 Å². The lowest BCUT2D eigenvalue weighted by molar-refractivity contribution is -0.137. The van der Waals surface area contributed by atoms with E-state index in [2.05, 4.69) is 5.32 Å². The van der Waals surface area contributed by atoms with Crippen LogP contribution in [0.25, 0.3) is 0 Å². The van der Waals surface area contributed by atoms with E-state index >= 15 is 0 Å². The molecular weight excluding hydrogens is 323 g/mol. The van der Waals surface area contributed by atoms with Gasteiger partial charge >= 0.3 is 6.18 Å². The number of thiophene rings is 1. The standard InChI is InChI=1S/C14H13ClF3NOS/c15-13-5-4-11(21-13)7-19-8-12(20)9-2-1-3-10(6-9)14(16,17)18/h1-6,12,19-20H,7-8H2. The van der Waals surface area contributed by atoms with Gasteiger partial charge in [-0.1, -0.05) is 23.7 Å². The lowest BCUT2D eigenvalue weighted by Crippen LogP contribution is -2.21. The summed E-state index contributed by atoms with van der Waals surface area (Å²) in [4.78, 5) is 0.997. The average molecular weight is 336 g/mol. The summed E-state index contributed by atoms with van der Waals surface area (Å²) < 4.78 is 38.5. The van der Waals surface area contributed by atoms with E-state index in [1.807, 2.05) is 6.07 Å². The minimum absolute atomic E-state index is 0.164. The minimum Gasteiger partial charge on any atom is -0.387 e. The minimum atomic E-state index is -4.41. The fraction of sp³-hybridized carbons (Fsp3) is 0.286. The molecule has 2 aromatic rings. The number of hydrogen-bond acceptors (Lipinski definition) is 3. The van der Waals surface area contributed by atoms with Crippen LogP contribution in [0.4, 0.5) is 13.2 Å². The van der Waals surface area contributed by atoms with E-state index < -0.39 is 17.8 Å². The van der Waals surface area contributed by atoms with Crippen LogP contribution >= 0.6 is 22.9 Å². The van der Waals surface area contributed by atoms with Gasteiger partial charge in [-0.3, -0.25) is 0 Å². The van der Waals surface area contributed by atoms with Gasteiger partial charge in [0, 0.05) is 18.0 Å². The topological polar surface area (TPSA) is 32.3 Å². The molecule has 2 nitrogen and oxygen atoms in total. The number of hydrogen-bond donors (Lipinski definition) is 2. The molecule has 1 aromatic carbocycles. The van der Waals surface area contributed by atoms with Crippen molar-refractivity contribution < 1.29 is 18.3 Å². The third-order valence-corrected chi connectivity index (χ3v) is 4.10. The Hall–Kier alpha value is -1.08.